The van der Waals surface area contributed by atoms with Gasteiger partial charge in [0.25, 0.3) is 5.91 Å². The summed E-state index contributed by atoms with van der Waals surface area (Å²) in [5.41, 5.74) is 1.70. The molecule has 2 aliphatic rings. The van der Waals surface area contributed by atoms with Crippen molar-refractivity contribution in [1.82, 2.24) is 0 Å². The Morgan fingerprint density at radius 2 is 2.33 bits per heavy atom. The third kappa shape index (κ3) is 1.03. The molecule has 0 aromatic carbocycles. The van der Waals surface area contributed by atoms with Gasteiger partial charge in [-0.1, -0.05) is 0 Å². The van der Waals surface area contributed by atoms with E-state index in [1.165, 1.54) is 0 Å². The Kier molecular flexibility index (Phi) is 1.50. The van der Waals surface area contributed by atoms with Gasteiger partial charge in [0.2, 0.25) is 0 Å². The predicted molar refractivity (Wildman–Crippen MR) is 47.3 cm³/mol. The summed E-state index contributed by atoms with van der Waals surface area (Å²) in [6, 6.07) is 0. The molecule has 1 atom stereocenters. The number of rotatable bonds is 0. The van der Waals surface area contributed by atoms with Crippen LogP contribution in [0.3, 0.4) is 0 Å². The van der Waals surface area contributed by atoms with Crippen molar-refractivity contribution in [1.29, 1.82) is 0 Å². The van der Waals surface area contributed by atoms with E-state index >= 15 is 0 Å². The molecule has 0 bridgehead atoms. The van der Waals surface area contributed by atoms with Crippen molar-refractivity contribution in [2.75, 3.05) is 0 Å². The molecule has 0 saturated heterocycles. The summed E-state index contributed by atoms with van der Waals surface area (Å²) < 4.78 is 0. The molecule has 2 heterocycles. The van der Waals surface area contributed by atoms with Crippen molar-refractivity contribution in [3.8, 4) is 0 Å². The number of fused-ring (bicyclic) bond motifs is 1. The highest BCUT2D eigenvalue weighted by Gasteiger charge is 2.23. The molecule has 0 radical (unpaired) electrons. The van der Waals surface area contributed by atoms with Crippen LogP contribution in [0.4, 0.5) is 0 Å². The van der Waals surface area contributed by atoms with Gasteiger partial charge in [-0.25, -0.2) is 4.99 Å². The molecule has 0 saturated carbocycles. The second-order valence-corrected chi connectivity index (χ2v) is 2.83. The van der Waals surface area contributed by atoms with Crippen molar-refractivity contribution >= 4 is 17.8 Å². The first-order chi connectivity index (χ1) is 5.77. The Balaban J connectivity index is 2.45. The zero-order chi connectivity index (χ0) is 8.55. The van der Waals surface area contributed by atoms with Crippen LogP contribution in [0.5, 0.6) is 0 Å². The number of carbonyl (C=O) groups is 1. The van der Waals surface area contributed by atoms with Gasteiger partial charge in [0.1, 0.15) is 0 Å². The van der Waals surface area contributed by atoms with Crippen molar-refractivity contribution in [3.05, 3.63) is 23.9 Å². The summed E-state index contributed by atoms with van der Waals surface area (Å²) in [4.78, 5) is 19.1. The van der Waals surface area contributed by atoms with Crippen LogP contribution in [0.25, 0.3) is 0 Å². The van der Waals surface area contributed by atoms with E-state index in [1.807, 2.05) is 13.0 Å². The summed E-state index contributed by atoms with van der Waals surface area (Å²) in [6.07, 6.45) is 7.00. The summed E-state index contributed by atoms with van der Waals surface area (Å²) in [5, 5.41) is 0. The third-order valence-electron chi connectivity index (χ3n) is 1.88. The minimum atomic E-state index is -0.189. The predicted octanol–water partition coefficient (Wildman–Crippen LogP) is 1.13. The second kappa shape index (κ2) is 2.52. The summed E-state index contributed by atoms with van der Waals surface area (Å²) in [6.45, 7) is 1.81. The van der Waals surface area contributed by atoms with Crippen LogP contribution in [0.1, 0.15) is 6.92 Å². The highest BCUT2D eigenvalue weighted by atomic mass is 16.1. The van der Waals surface area contributed by atoms with Gasteiger partial charge in [0, 0.05) is 18.1 Å². The molecule has 0 aliphatic carbocycles. The number of amides is 1. The molecule has 12 heavy (non-hydrogen) atoms. The molecule has 2 aliphatic heterocycles. The fourth-order valence-corrected chi connectivity index (χ4v) is 1.33. The van der Waals surface area contributed by atoms with Crippen LogP contribution in [0, 0.1) is 5.92 Å². The molecule has 0 fully saturated rings. The van der Waals surface area contributed by atoms with Crippen molar-refractivity contribution < 1.29 is 4.79 Å². The van der Waals surface area contributed by atoms with Gasteiger partial charge in [0.15, 0.2) is 0 Å². The van der Waals surface area contributed by atoms with E-state index in [0.29, 0.717) is 0 Å². The van der Waals surface area contributed by atoms with Gasteiger partial charge in [-0.2, -0.15) is 0 Å². The van der Waals surface area contributed by atoms with Gasteiger partial charge in [-0.3, -0.25) is 9.79 Å². The molecular formula is C9H8N2O. The Labute approximate surface area is 70.2 Å². The molecule has 0 N–H and O–H groups in total. The number of allylic oxidation sites excluding steroid dienone is 1. The first-order valence-corrected chi connectivity index (χ1v) is 3.78. The fraction of sp³-hybridized carbons (Fsp3) is 0.222. The maximum atomic E-state index is 11.3. The standard InChI is InChI=1S/C9H8N2O/c1-6-4-7-5-10-3-2-8(7)9(12)11-6/h2-5,8H,1H3. The van der Waals surface area contributed by atoms with Crippen molar-refractivity contribution in [3.63, 3.8) is 0 Å². The molecule has 3 nitrogen and oxygen atoms in total. The largest absolute Gasteiger partial charge is 0.272 e. The van der Waals surface area contributed by atoms with Crippen LogP contribution in [0.2, 0.25) is 0 Å². The minimum Gasteiger partial charge on any atom is -0.272 e. The number of carbonyl (C=O) groups excluding carboxylic acids is 1. The normalized spacial score (nSPS) is 26.4. The van der Waals surface area contributed by atoms with Gasteiger partial charge >= 0.3 is 0 Å². The number of dihydropyridines is 1. The topological polar surface area (TPSA) is 41.8 Å². The lowest BCUT2D eigenvalue weighted by Gasteiger charge is -2.16. The number of hydrogen-bond acceptors (Lipinski definition) is 2. The maximum Gasteiger partial charge on any atom is 0.257 e. The monoisotopic (exact) mass is 160 g/mol. The zero-order valence-corrected chi connectivity index (χ0v) is 6.69. The van der Waals surface area contributed by atoms with Crippen molar-refractivity contribution in [2.45, 2.75) is 6.92 Å². The Bertz CT molecular complexity index is 348. The first-order valence-electron chi connectivity index (χ1n) is 3.78. The van der Waals surface area contributed by atoms with E-state index in [9.17, 15) is 4.79 Å². The molecule has 0 spiro atoms. The Morgan fingerprint density at radius 1 is 1.50 bits per heavy atom. The van der Waals surface area contributed by atoms with E-state index in [0.717, 1.165) is 11.3 Å². The van der Waals surface area contributed by atoms with Crippen LogP contribution in [-0.4, -0.2) is 17.8 Å². The summed E-state index contributed by atoms with van der Waals surface area (Å²) in [7, 11) is 0. The average Bonchev–Trinajstić information content (AvgIpc) is 2.04. The van der Waals surface area contributed by atoms with Crippen LogP contribution < -0.4 is 0 Å². The van der Waals surface area contributed by atoms with Crippen LogP contribution >= 0.6 is 0 Å². The first kappa shape index (κ1) is 7.16. The molecule has 1 amide bonds. The number of hydrogen-bond donors (Lipinski definition) is 0. The summed E-state index contributed by atoms with van der Waals surface area (Å²) in [5.74, 6) is -0.279. The molecule has 3 heteroatoms. The van der Waals surface area contributed by atoms with E-state index in [1.54, 1.807) is 18.5 Å². The van der Waals surface area contributed by atoms with E-state index in [-0.39, 0.29) is 11.8 Å². The average molecular weight is 160 g/mol. The minimum absolute atomic E-state index is 0.0904. The highest BCUT2D eigenvalue weighted by molar-refractivity contribution is 6.11. The number of aliphatic imine (C=N–C) groups is 2. The zero-order valence-electron chi connectivity index (χ0n) is 6.69. The van der Waals surface area contributed by atoms with Crippen molar-refractivity contribution in [2.24, 2.45) is 15.9 Å². The SMILES string of the molecule is CC1=NC(=O)C2C=CN=CC2=C1. The fourth-order valence-electron chi connectivity index (χ4n) is 1.33. The molecule has 60 valence electrons. The molecular weight excluding hydrogens is 152 g/mol. The van der Waals surface area contributed by atoms with Crippen LogP contribution in [-0.2, 0) is 4.79 Å². The Hall–Kier alpha value is -1.51. The quantitative estimate of drug-likeness (QED) is 0.523. The maximum absolute atomic E-state index is 11.3. The molecule has 1 unspecified atom stereocenters. The van der Waals surface area contributed by atoms with E-state index in [2.05, 4.69) is 9.98 Å². The van der Waals surface area contributed by atoms with E-state index < -0.39 is 0 Å². The smallest absolute Gasteiger partial charge is 0.257 e. The van der Waals surface area contributed by atoms with Gasteiger partial charge < -0.3 is 0 Å². The van der Waals surface area contributed by atoms with Gasteiger partial charge in [-0.15, -0.1) is 0 Å². The third-order valence-corrected chi connectivity index (χ3v) is 1.88. The molecule has 0 aromatic heterocycles. The second-order valence-electron chi connectivity index (χ2n) is 2.83. The molecule has 0 aromatic rings. The number of nitrogens with zero attached hydrogens (tertiary/aromatic N) is 2. The highest BCUT2D eigenvalue weighted by Crippen LogP contribution is 2.20. The lowest BCUT2D eigenvalue weighted by molar-refractivity contribution is -0.119. The molecule has 2 rings (SSSR count). The Morgan fingerprint density at radius 3 is 3.17 bits per heavy atom. The lowest BCUT2D eigenvalue weighted by atomic mass is 9.94. The van der Waals surface area contributed by atoms with E-state index in [4.69, 9.17) is 0 Å². The van der Waals surface area contributed by atoms with Gasteiger partial charge in [0.05, 0.1) is 5.92 Å². The summed E-state index contributed by atoms with van der Waals surface area (Å²) >= 11 is 0. The van der Waals surface area contributed by atoms with Gasteiger partial charge in [-0.05, 0) is 24.6 Å². The van der Waals surface area contributed by atoms with Crippen LogP contribution in [0.15, 0.2) is 33.9 Å². The lowest BCUT2D eigenvalue weighted by Crippen LogP contribution is -2.20.